The smallest absolute Gasteiger partial charge is 0.119 e. The van der Waals surface area contributed by atoms with Gasteiger partial charge in [0.2, 0.25) is 0 Å². The summed E-state index contributed by atoms with van der Waals surface area (Å²) in [5, 5.41) is 16.3. The molecule has 4 rings (SSSR count). The second-order valence-electron chi connectivity index (χ2n) is 6.41. The van der Waals surface area contributed by atoms with E-state index in [0.717, 1.165) is 22.5 Å². The zero-order valence-corrected chi connectivity index (χ0v) is 14.7. The van der Waals surface area contributed by atoms with Crippen molar-refractivity contribution in [1.82, 2.24) is 4.57 Å². The number of nitrogens with one attached hydrogen (secondary N) is 1. The number of hydrogen-bond donors (Lipinski definition) is 2. The number of ether oxygens (including phenoxy) is 1. The molecule has 0 radical (unpaired) electrons. The third-order valence-electron chi connectivity index (χ3n) is 4.71. The third kappa shape index (κ3) is 3.11. The quantitative estimate of drug-likeness (QED) is 0.548. The van der Waals surface area contributed by atoms with Crippen molar-refractivity contribution in [2.75, 3.05) is 19.0 Å². The maximum atomic E-state index is 10.6. The Labute approximate surface area is 152 Å². The number of para-hydroxylation sites is 2. The van der Waals surface area contributed by atoms with Crippen LogP contribution in [-0.4, -0.2) is 29.4 Å². The predicted octanol–water partition coefficient (Wildman–Crippen LogP) is 4.28. The molecule has 0 bridgehead atoms. The molecule has 0 saturated carbocycles. The summed E-state index contributed by atoms with van der Waals surface area (Å²) in [6.07, 6.45) is -0.503. The molecular formula is C22H22N2O2. The number of hydrogen-bond acceptors (Lipinski definition) is 3. The van der Waals surface area contributed by atoms with E-state index in [9.17, 15) is 5.11 Å². The highest BCUT2D eigenvalue weighted by Crippen LogP contribution is 2.28. The molecular weight excluding hydrogens is 324 g/mol. The van der Waals surface area contributed by atoms with Gasteiger partial charge in [0.25, 0.3) is 0 Å². The molecule has 1 atom stereocenters. The summed E-state index contributed by atoms with van der Waals surface area (Å²) < 4.78 is 7.37. The third-order valence-corrected chi connectivity index (χ3v) is 4.71. The van der Waals surface area contributed by atoms with Crippen LogP contribution in [0.2, 0.25) is 0 Å². The highest BCUT2D eigenvalue weighted by atomic mass is 16.5. The van der Waals surface area contributed by atoms with E-state index in [1.165, 1.54) is 10.8 Å². The first-order valence-electron chi connectivity index (χ1n) is 8.78. The van der Waals surface area contributed by atoms with Crippen LogP contribution in [0.25, 0.3) is 21.8 Å². The second kappa shape index (κ2) is 7.10. The van der Waals surface area contributed by atoms with E-state index in [4.69, 9.17) is 4.74 Å². The molecule has 1 unspecified atom stereocenters. The molecule has 0 aliphatic rings. The Hall–Kier alpha value is -2.98. The lowest BCUT2D eigenvalue weighted by Gasteiger charge is -2.15. The lowest BCUT2D eigenvalue weighted by Crippen LogP contribution is -2.24. The number of rotatable bonds is 6. The van der Waals surface area contributed by atoms with Gasteiger partial charge in [-0.25, -0.2) is 0 Å². The normalized spacial score (nSPS) is 12.4. The van der Waals surface area contributed by atoms with Crippen LogP contribution in [0.15, 0.2) is 72.8 Å². The predicted molar refractivity (Wildman–Crippen MR) is 107 cm³/mol. The first-order valence-corrected chi connectivity index (χ1v) is 8.78. The summed E-state index contributed by atoms with van der Waals surface area (Å²) in [4.78, 5) is 0. The zero-order valence-electron chi connectivity index (χ0n) is 14.7. The van der Waals surface area contributed by atoms with Gasteiger partial charge in [-0.2, -0.15) is 0 Å². The van der Waals surface area contributed by atoms with Crippen molar-refractivity contribution < 1.29 is 9.84 Å². The van der Waals surface area contributed by atoms with Gasteiger partial charge in [0.05, 0.1) is 19.8 Å². The lowest BCUT2D eigenvalue weighted by molar-refractivity contribution is 0.169. The summed E-state index contributed by atoms with van der Waals surface area (Å²) >= 11 is 0. The van der Waals surface area contributed by atoms with Crippen LogP contribution in [0.1, 0.15) is 0 Å². The van der Waals surface area contributed by atoms with Crippen LogP contribution < -0.4 is 10.1 Å². The number of anilines is 1. The molecule has 0 fully saturated rings. The summed E-state index contributed by atoms with van der Waals surface area (Å²) in [6.45, 7) is 1.02. The fourth-order valence-corrected chi connectivity index (χ4v) is 3.42. The number of benzene rings is 3. The van der Waals surface area contributed by atoms with Gasteiger partial charge in [-0.3, -0.25) is 0 Å². The van der Waals surface area contributed by atoms with Gasteiger partial charge in [0, 0.05) is 34.0 Å². The van der Waals surface area contributed by atoms with Crippen LogP contribution in [0.3, 0.4) is 0 Å². The highest BCUT2D eigenvalue weighted by molar-refractivity contribution is 6.07. The minimum Gasteiger partial charge on any atom is -0.497 e. The minimum atomic E-state index is -0.503. The highest BCUT2D eigenvalue weighted by Gasteiger charge is 2.13. The molecule has 2 N–H and O–H groups in total. The Morgan fingerprint density at radius 3 is 2.04 bits per heavy atom. The molecule has 3 aromatic carbocycles. The summed E-state index contributed by atoms with van der Waals surface area (Å²) in [6, 6.07) is 24.4. The molecule has 4 heteroatoms. The van der Waals surface area contributed by atoms with Crippen molar-refractivity contribution in [3.05, 3.63) is 72.8 Å². The minimum absolute atomic E-state index is 0.479. The van der Waals surface area contributed by atoms with E-state index in [1.807, 2.05) is 36.4 Å². The van der Waals surface area contributed by atoms with Gasteiger partial charge < -0.3 is 19.7 Å². The van der Waals surface area contributed by atoms with Crippen molar-refractivity contribution in [3.8, 4) is 5.75 Å². The van der Waals surface area contributed by atoms with Crippen molar-refractivity contribution in [2.45, 2.75) is 12.6 Å². The first-order chi connectivity index (χ1) is 12.8. The number of aromatic nitrogens is 1. The lowest BCUT2D eigenvalue weighted by atomic mass is 10.2. The van der Waals surface area contributed by atoms with Gasteiger partial charge >= 0.3 is 0 Å². The van der Waals surface area contributed by atoms with Crippen molar-refractivity contribution in [1.29, 1.82) is 0 Å². The largest absolute Gasteiger partial charge is 0.497 e. The van der Waals surface area contributed by atoms with Crippen molar-refractivity contribution in [2.24, 2.45) is 0 Å². The van der Waals surface area contributed by atoms with Gasteiger partial charge in [-0.15, -0.1) is 0 Å². The van der Waals surface area contributed by atoms with Gasteiger partial charge in [0.15, 0.2) is 0 Å². The Bertz CT molecular complexity index is 968. The number of fused-ring (bicyclic) bond motifs is 3. The molecule has 4 aromatic rings. The van der Waals surface area contributed by atoms with Crippen molar-refractivity contribution >= 4 is 27.5 Å². The molecule has 0 aliphatic heterocycles. The average molecular weight is 346 g/mol. The Morgan fingerprint density at radius 2 is 1.46 bits per heavy atom. The standard InChI is InChI=1S/C22H22N2O2/c1-26-18-12-10-16(11-13-18)23-14-17(25)15-24-21-8-4-2-6-19(21)20-7-3-5-9-22(20)24/h2-13,17,23,25H,14-15H2,1H3. The van der Waals surface area contributed by atoms with Gasteiger partial charge in [-0.05, 0) is 36.4 Å². The fraction of sp³-hybridized carbons (Fsp3) is 0.182. The SMILES string of the molecule is COc1ccc(NCC(O)Cn2c3ccccc3c3ccccc32)cc1. The molecule has 132 valence electrons. The van der Waals surface area contributed by atoms with E-state index >= 15 is 0 Å². The summed E-state index contributed by atoms with van der Waals surface area (Å²) in [5.41, 5.74) is 3.27. The van der Waals surface area contributed by atoms with Gasteiger partial charge in [-0.1, -0.05) is 36.4 Å². The number of aliphatic hydroxyl groups excluding tert-OH is 1. The molecule has 1 heterocycles. The van der Waals surface area contributed by atoms with Crippen LogP contribution in [0, 0.1) is 0 Å². The molecule has 0 aliphatic carbocycles. The topological polar surface area (TPSA) is 46.4 Å². The van der Waals surface area contributed by atoms with Gasteiger partial charge in [0.1, 0.15) is 5.75 Å². The molecule has 1 aromatic heterocycles. The monoisotopic (exact) mass is 346 g/mol. The maximum Gasteiger partial charge on any atom is 0.119 e. The van der Waals surface area contributed by atoms with Crippen LogP contribution >= 0.6 is 0 Å². The van der Waals surface area contributed by atoms with E-state index in [1.54, 1.807) is 7.11 Å². The van der Waals surface area contributed by atoms with E-state index in [2.05, 4.69) is 46.3 Å². The fourth-order valence-electron chi connectivity index (χ4n) is 3.42. The Balaban J connectivity index is 1.54. The molecule has 0 amide bonds. The Kier molecular flexibility index (Phi) is 4.50. The second-order valence-corrected chi connectivity index (χ2v) is 6.41. The van der Waals surface area contributed by atoms with E-state index in [0.29, 0.717) is 13.1 Å². The van der Waals surface area contributed by atoms with Crippen LogP contribution in [0.5, 0.6) is 5.75 Å². The number of nitrogens with zero attached hydrogens (tertiary/aromatic N) is 1. The number of aliphatic hydroxyl groups is 1. The number of methoxy groups -OCH3 is 1. The molecule has 0 saturated heterocycles. The molecule has 26 heavy (non-hydrogen) atoms. The molecule has 0 spiro atoms. The molecule has 4 nitrogen and oxygen atoms in total. The summed E-state index contributed by atoms with van der Waals surface area (Å²) in [5.74, 6) is 0.821. The maximum absolute atomic E-state index is 10.6. The Morgan fingerprint density at radius 1 is 0.885 bits per heavy atom. The van der Waals surface area contributed by atoms with E-state index < -0.39 is 6.10 Å². The zero-order chi connectivity index (χ0) is 17.9. The van der Waals surface area contributed by atoms with E-state index in [-0.39, 0.29) is 0 Å². The first kappa shape index (κ1) is 16.5. The van der Waals surface area contributed by atoms with Crippen LogP contribution in [-0.2, 0) is 6.54 Å². The van der Waals surface area contributed by atoms with Crippen molar-refractivity contribution in [3.63, 3.8) is 0 Å². The summed E-state index contributed by atoms with van der Waals surface area (Å²) in [7, 11) is 1.65. The average Bonchev–Trinajstić information content (AvgIpc) is 3.01. The van der Waals surface area contributed by atoms with Crippen LogP contribution in [0.4, 0.5) is 5.69 Å².